The molecule has 1 saturated heterocycles. The first-order valence-corrected chi connectivity index (χ1v) is 6.08. The van der Waals surface area contributed by atoms with E-state index < -0.39 is 0 Å². The molecule has 6 nitrogen and oxygen atoms in total. The third kappa shape index (κ3) is 2.67. The standard InChI is InChI=1S/C13H16N2O4/c1-8-6-15(7-10(8)13(18)19-2)12(17)9-3-4-14-11(16)5-9/h3-5,8,10H,6-7H2,1-2H3,(H,14,16). The zero-order valence-electron chi connectivity index (χ0n) is 10.9. The monoisotopic (exact) mass is 264 g/mol. The van der Waals surface area contributed by atoms with Crippen molar-refractivity contribution in [2.45, 2.75) is 6.92 Å². The van der Waals surface area contributed by atoms with E-state index in [4.69, 9.17) is 4.74 Å². The lowest BCUT2D eigenvalue weighted by Crippen LogP contribution is -2.30. The van der Waals surface area contributed by atoms with E-state index in [9.17, 15) is 14.4 Å². The third-order valence-electron chi connectivity index (χ3n) is 3.43. The summed E-state index contributed by atoms with van der Waals surface area (Å²) in [4.78, 5) is 39.0. The lowest BCUT2D eigenvalue weighted by Gasteiger charge is -2.15. The molecule has 0 aromatic carbocycles. The molecular formula is C13H16N2O4. The Morgan fingerprint density at radius 2 is 2.16 bits per heavy atom. The number of H-pyrrole nitrogens is 1. The zero-order valence-corrected chi connectivity index (χ0v) is 10.9. The lowest BCUT2D eigenvalue weighted by molar-refractivity contribution is -0.146. The van der Waals surface area contributed by atoms with Crippen LogP contribution in [0.1, 0.15) is 17.3 Å². The van der Waals surface area contributed by atoms with E-state index in [1.54, 1.807) is 11.0 Å². The first kappa shape index (κ1) is 13.3. The fourth-order valence-corrected chi connectivity index (χ4v) is 2.35. The van der Waals surface area contributed by atoms with Crippen LogP contribution < -0.4 is 5.56 Å². The molecule has 2 atom stereocenters. The van der Waals surface area contributed by atoms with Crippen molar-refractivity contribution < 1.29 is 14.3 Å². The predicted octanol–water partition coefficient (Wildman–Crippen LogP) is 0.256. The van der Waals surface area contributed by atoms with Gasteiger partial charge in [-0.2, -0.15) is 0 Å². The van der Waals surface area contributed by atoms with Crippen LogP contribution in [-0.2, 0) is 9.53 Å². The quantitative estimate of drug-likeness (QED) is 0.777. The number of carbonyl (C=O) groups is 2. The molecule has 2 heterocycles. The van der Waals surface area contributed by atoms with Gasteiger partial charge >= 0.3 is 5.97 Å². The largest absolute Gasteiger partial charge is 0.469 e. The van der Waals surface area contributed by atoms with Crippen LogP contribution in [0.4, 0.5) is 0 Å². The van der Waals surface area contributed by atoms with Crippen LogP contribution in [0.15, 0.2) is 23.1 Å². The fraction of sp³-hybridized carbons (Fsp3) is 0.462. The molecule has 2 unspecified atom stereocenters. The number of esters is 1. The second kappa shape index (κ2) is 5.26. The Balaban J connectivity index is 2.14. The number of aromatic nitrogens is 1. The number of likely N-dealkylation sites (tertiary alicyclic amines) is 1. The summed E-state index contributed by atoms with van der Waals surface area (Å²) in [5, 5.41) is 0. The van der Waals surface area contributed by atoms with Gasteiger partial charge in [0.2, 0.25) is 5.56 Å². The van der Waals surface area contributed by atoms with Crippen LogP contribution in [0.2, 0.25) is 0 Å². The second-order valence-electron chi connectivity index (χ2n) is 4.76. The lowest BCUT2D eigenvalue weighted by atomic mass is 9.99. The molecule has 0 radical (unpaired) electrons. The Kier molecular flexibility index (Phi) is 3.69. The molecule has 102 valence electrons. The molecule has 0 bridgehead atoms. The van der Waals surface area contributed by atoms with Crippen molar-refractivity contribution in [2.75, 3.05) is 20.2 Å². The van der Waals surface area contributed by atoms with E-state index in [-0.39, 0.29) is 29.3 Å². The number of rotatable bonds is 2. The molecule has 0 saturated carbocycles. The average Bonchev–Trinajstić information content (AvgIpc) is 2.79. The molecule has 0 aliphatic carbocycles. The molecular weight excluding hydrogens is 248 g/mol. The molecule has 1 fully saturated rings. The van der Waals surface area contributed by atoms with Crippen molar-refractivity contribution in [3.05, 3.63) is 34.2 Å². The van der Waals surface area contributed by atoms with Gasteiger partial charge in [0.25, 0.3) is 5.91 Å². The Morgan fingerprint density at radius 3 is 2.79 bits per heavy atom. The number of amides is 1. The summed E-state index contributed by atoms with van der Waals surface area (Å²) >= 11 is 0. The maximum atomic E-state index is 12.2. The highest BCUT2D eigenvalue weighted by Gasteiger charge is 2.37. The maximum Gasteiger partial charge on any atom is 0.310 e. The van der Waals surface area contributed by atoms with E-state index >= 15 is 0 Å². The van der Waals surface area contributed by atoms with Crippen molar-refractivity contribution in [3.63, 3.8) is 0 Å². The number of nitrogens with zero attached hydrogens (tertiary/aromatic N) is 1. The van der Waals surface area contributed by atoms with Crippen molar-refractivity contribution >= 4 is 11.9 Å². The number of methoxy groups -OCH3 is 1. The van der Waals surface area contributed by atoms with Crippen LogP contribution in [0.25, 0.3) is 0 Å². The molecule has 0 spiro atoms. The highest BCUT2D eigenvalue weighted by molar-refractivity contribution is 5.94. The number of ether oxygens (including phenoxy) is 1. The van der Waals surface area contributed by atoms with Crippen LogP contribution in [-0.4, -0.2) is 42.0 Å². The molecule has 1 aromatic heterocycles. The summed E-state index contributed by atoms with van der Waals surface area (Å²) in [6.07, 6.45) is 1.44. The average molecular weight is 264 g/mol. The van der Waals surface area contributed by atoms with Gasteiger partial charge < -0.3 is 14.6 Å². The Labute approximate surface area is 110 Å². The van der Waals surface area contributed by atoms with E-state index in [0.717, 1.165) is 0 Å². The Bertz CT molecular complexity index is 552. The summed E-state index contributed by atoms with van der Waals surface area (Å²) in [5.74, 6) is -0.771. The van der Waals surface area contributed by atoms with Gasteiger partial charge in [0, 0.05) is 30.9 Å². The van der Waals surface area contributed by atoms with E-state index in [1.165, 1.54) is 19.4 Å². The number of pyridine rings is 1. The van der Waals surface area contributed by atoms with Gasteiger partial charge in [-0.05, 0) is 12.0 Å². The second-order valence-corrected chi connectivity index (χ2v) is 4.76. The van der Waals surface area contributed by atoms with E-state index in [2.05, 4.69) is 4.98 Å². The van der Waals surface area contributed by atoms with Crippen molar-refractivity contribution in [1.82, 2.24) is 9.88 Å². The molecule has 1 aliphatic heterocycles. The van der Waals surface area contributed by atoms with E-state index in [0.29, 0.717) is 18.7 Å². The van der Waals surface area contributed by atoms with Crippen LogP contribution in [0, 0.1) is 11.8 Å². The Hall–Kier alpha value is -2.11. The fourth-order valence-electron chi connectivity index (χ4n) is 2.35. The number of hydrogen-bond donors (Lipinski definition) is 1. The number of hydrogen-bond acceptors (Lipinski definition) is 4. The highest BCUT2D eigenvalue weighted by atomic mass is 16.5. The zero-order chi connectivity index (χ0) is 14.0. The topological polar surface area (TPSA) is 79.5 Å². The summed E-state index contributed by atoms with van der Waals surface area (Å²) < 4.78 is 4.73. The summed E-state index contributed by atoms with van der Waals surface area (Å²) in [5.41, 5.74) is 0.0177. The van der Waals surface area contributed by atoms with Crippen molar-refractivity contribution in [3.8, 4) is 0 Å². The van der Waals surface area contributed by atoms with Crippen LogP contribution in [0.3, 0.4) is 0 Å². The molecule has 1 aliphatic rings. The van der Waals surface area contributed by atoms with Gasteiger partial charge in [-0.3, -0.25) is 14.4 Å². The van der Waals surface area contributed by atoms with Crippen molar-refractivity contribution in [2.24, 2.45) is 11.8 Å². The van der Waals surface area contributed by atoms with Crippen molar-refractivity contribution in [1.29, 1.82) is 0 Å². The summed E-state index contributed by atoms with van der Waals surface area (Å²) in [6, 6.07) is 2.82. The third-order valence-corrected chi connectivity index (χ3v) is 3.43. The van der Waals surface area contributed by atoms with Crippen LogP contribution in [0.5, 0.6) is 0 Å². The van der Waals surface area contributed by atoms with Gasteiger partial charge in [0.15, 0.2) is 0 Å². The molecule has 1 N–H and O–H groups in total. The predicted molar refractivity (Wildman–Crippen MR) is 67.6 cm³/mol. The minimum Gasteiger partial charge on any atom is -0.469 e. The summed E-state index contributed by atoms with van der Waals surface area (Å²) in [7, 11) is 1.34. The SMILES string of the molecule is COC(=O)C1CN(C(=O)c2cc[nH]c(=O)c2)CC1C. The molecule has 19 heavy (non-hydrogen) atoms. The Morgan fingerprint density at radius 1 is 1.42 bits per heavy atom. The molecule has 1 amide bonds. The van der Waals surface area contributed by atoms with Gasteiger partial charge in [0.1, 0.15) is 0 Å². The highest BCUT2D eigenvalue weighted by Crippen LogP contribution is 2.25. The van der Waals surface area contributed by atoms with E-state index in [1.807, 2.05) is 6.92 Å². The van der Waals surface area contributed by atoms with Gasteiger partial charge in [-0.25, -0.2) is 0 Å². The first-order chi connectivity index (χ1) is 9.02. The smallest absolute Gasteiger partial charge is 0.310 e. The molecule has 2 rings (SSSR count). The maximum absolute atomic E-state index is 12.2. The minimum absolute atomic E-state index is 0.0541. The van der Waals surface area contributed by atoms with Crippen LogP contribution >= 0.6 is 0 Å². The number of carbonyl (C=O) groups excluding carboxylic acids is 2. The molecule has 1 aromatic rings. The number of nitrogens with one attached hydrogen (secondary N) is 1. The van der Waals surface area contributed by atoms with Gasteiger partial charge in [0.05, 0.1) is 13.0 Å². The van der Waals surface area contributed by atoms with Gasteiger partial charge in [-0.15, -0.1) is 0 Å². The first-order valence-electron chi connectivity index (χ1n) is 6.08. The normalized spacial score (nSPS) is 22.3. The minimum atomic E-state index is -0.317. The summed E-state index contributed by atoms with van der Waals surface area (Å²) in [6.45, 7) is 2.73. The number of aromatic amines is 1. The molecule has 6 heteroatoms. The van der Waals surface area contributed by atoms with Gasteiger partial charge in [-0.1, -0.05) is 6.92 Å².